The standard InChI is InChI=1S/C7H12BrN3O2S/c1-6(8)4-11(2)14(12,13)7-3-9-5-10-7/h3,5-6H,4H2,1-2H3,(H,9,10). The molecule has 1 heterocycles. The zero-order chi connectivity index (χ0) is 10.8. The fraction of sp³-hybridized carbons (Fsp3) is 0.571. The zero-order valence-electron chi connectivity index (χ0n) is 7.94. The number of rotatable bonds is 4. The van der Waals surface area contributed by atoms with Crippen molar-refractivity contribution < 1.29 is 8.42 Å². The van der Waals surface area contributed by atoms with E-state index in [0.29, 0.717) is 6.54 Å². The third kappa shape index (κ3) is 2.55. The molecule has 5 nitrogen and oxygen atoms in total. The van der Waals surface area contributed by atoms with Gasteiger partial charge in [0.05, 0.1) is 12.5 Å². The first-order valence-electron chi connectivity index (χ1n) is 4.03. The molecule has 0 aliphatic carbocycles. The van der Waals surface area contributed by atoms with E-state index in [9.17, 15) is 8.42 Å². The molecular formula is C7H12BrN3O2S. The number of aromatic nitrogens is 2. The highest BCUT2D eigenvalue weighted by molar-refractivity contribution is 9.09. The number of sulfonamides is 1. The van der Waals surface area contributed by atoms with Gasteiger partial charge in [0.1, 0.15) is 0 Å². The lowest BCUT2D eigenvalue weighted by Crippen LogP contribution is -2.31. The van der Waals surface area contributed by atoms with Crippen LogP contribution < -0.4 is 0 Å². The molecule has 0 aliphatic rings. The Labute approximate surface area is 91.7 Å². The summed E-state index contributed by atoms with van der Waals surface area (Å²) in [6, 6.07) is 0. The van der Waals surface area contributed by atoms with Crippen LogP contribution in [-0.4, -0.2) is 41.1 Å². The molecule has 0 radical (unpaired) electrons. The summed E-state index contributed by atoms with van der Waals surface area (Å²) in [5.41, 5.74) is 0. The average Bonchev–Trinajstić information content (AvgIpc) is 2.54. The van der Waals surface area contributed by atoms with E-state index in [1.165, 1.54) is 23.9 Å². The minimum absolute atomic E-state index is 0.116. The van der Waals surface area contributed by atoms with Crippen LogP contribution in [0.15, 0.2) is 17.6 Å². The summed E-state index contributed by atoms with van der Waals surface area (Å²) >= 11 is 3.30. The van der Waals surface area contributed by atoms with Gasteiger partial charge < -0.3 is 4.98 Å². The highest BCUT2D eigenvalue weighted by atomic mass is 79.9. The van der Waals surface area contributed by atoms with Crippen molar-refractivity contribution in [2.45, 2.75) is 16.8 Å². The summed E-state index contributed by atoms with van der Waals surface area (Å²) in [4.78, 5) is 6.37. The lowest BCUT2D eigenvalue weighted by atomic mass is 10.5. The lowest BCUT2D eigenvalue weighted by Gasteiger charge is -2.16. The van der Waals surface area contributed by atoms with Crippen molar-refractivity contribution in [3.63, 3.8) is 0 Å². The number of H-pyrrole nitrogens is 1. The van der Waals surface area contributed by atoms with Gasteiger partial charge in [-0.3, -0.25) is 0 Å². The summed E-state index contributed by atoms with van der Waals surface area (Å²) in [5, 5.41) is 0.119. The molecule has 0 saturated carbocycles. The maximum absolute atomic E-state index is 11.8. The molecule has 1 unspecified atom stereocenters. The summed E-state index contributed by atoms with van der Waals surface area (Å²) in [6.45, 7) is 2.31. The molecule has 1 N–H and O–H groups in total. The van der Waals surface area contributed by atoms with Gasteiger partial charge >= 0.3 is 0 Å². The molecule has 7 heteroatoms. The summed E-state index contributed by atoms with van der Waals surface area (Å²) < 4.78 is 24.8. The quantitative estimate of drug-likeness (QED) is 0.831. The Morgan fingerprint density at radius 3 is 2.79 bits per heavy atom. The van der Waals surface area contributed by atoms with Gasteiger partial charge in [-0.2, -0.15) is 4.31 Å². The largest absolute Gasteiger partial charge is 0.335 e. The normalized spacial score (nSPS) is 14.6. The molecule has 1 atom stereocenters. The number of halogens is 1. The van der Waals surface area contributed by atoms with E-state index >= 15 is 0 Å². The van der Waals surface area contributed by atoms with Crippen LogP contribution in [-0.2, 0) is 10.0 Å². The predicted octanol–water partition coefficient (Wildman–Crippen LogP) is 0.814. The van der Waals surface area contributed by atoms with Crippen molar-refractivity contribution >= 4 is 26.0 Å². The van der Waals surface area contributed by atoms with E-state index in [4.69, 9.17) is 0 Å². The number of aromatic amines is 1. The average molecular weight is 282 g/mol. The molecule has 14 heavy (non-hydrogen) atoms. The molecule has 1 aromatic rings. The molecule has 0 saturated heterocycles. The Morgan fingerprint density at radius 1 is 1.71 bits per heavy atom. The monoisotopic (exact) mass is 281 g/mol. The summed E-state index contributed by atoms with van der Waals surface area (Å²) in [5.74, 6) is 0. The molecule has 80 valence electrons. The van der Waals surface area contributed by atoms with Gasteiger partial charge in [-0.25, -0.2) is 13.4 Å². The fourth-order valence-electron chi connectivity index (χ4n) is 1.00. The van der Waals surface area contributed by atoms with E-state index in [-0.39, 0.29) is 9.85 Å². The Balaban J connectivity index is 2.86. The van der Waals surface area contributed by atoms with Gasteiger partial charge in [0, 0.05) is 18.4 Å². The third-order valence-corrected chi connectivity index (χ3v) is 3.71. The van der Waals surface area contributed by atoms with Crippen LogP contribution in [0.4, 0.5) is 0 Å². The van der Waals surface area contributed by atoms with Crippen LogP contribution in [0.3, 0.4) is 0 Å². The SMILES string of the molecule is CC(Br)CN(C)S(=O)(=O)c1cnc[nH]1. The van der Waals surface area contributed by atoms with Crippen molar-refractivity contribution in [1.82, 2.24) is 14.3 Å². The van der Waals surface area contributed by atoms with Crippen LogP contribution in [0.5, 0.6) is 0 Å². The Bertz CT molecular complexity index is 374. The fourth-order valence-corrected chi connectivity index (χ4v) is 2.78. The topological polar surface area (TPSA) is 66.1 Å². The minimum atomic E-state index is -3.41. The molecule has 0 amide bonds. The van der Waals surface area contributed by atoms with Gasteiger partial charge in [0.2, 0.25) is 0 Å². The van der Waals surface area contributed by atoms with Crippen molar-refractivity contribution in [2.24, 2.45) is 0 Å². The zero-order valence-corrected chi connectivity index (χ0v) is 10.3. The summed E-state index contributed by atoms with van der Waals surface area (Å²) in [7, 11) is -1.87. The number of hydrogen-bond acceptors (Lipinski definition) is 3. The maximum atomic E-state index is 11.8. The Morgan fingerprint density at radius 2 is 2.36 bits per heavy atom. The van der Waals surface area contributed by atoms with E-state index in [2.05, 4.69) is 25.9 Å². The number of hydrogen-bond donors (Lipinski definition) is 1. The minimum Gasteiger partial charge on any atom is -0.335 e. The van der Waals surface area contributed by atoms with E-state index in [1.54, 1.807) is 0 Å². The van der Waals surface area contributed by atoms with Crippen LogP contribution >= 0.6 is 15.9 Å². The first-order chi connectivity index (χ1) is 6.44. The highest BCUT2D eigenvalue weighted by Crippen LogP contribution is 2.12. The second kappa shape index (κ2) is 4.41. The highest BCUT2D eigenvalue weighted by Gasteiger charge is 2.22. The van der Waals surface area contributed by atoms with Gasteiger partial charge in [-0.1, -0.05) is 22.9 Å². The van der Waals surface area contributed by atoms with Crippen LogP contribution in [0.2, 0.25) is 0 Å². The molecule has 0 spiro atoms. The number of alkyl halides is 1. The molecule has 1 aromatic heterocycles. The van der Waals surface area contributed by atoms with Crippen molar-refractivity contribution in [3.8, 4) is 0 Å². The smallest absolute Gasteiger partial charge is 0.259 e. The first kappa shape index (κ1) is 11.7. The molecule has 0 bridgehead atoms. The maximum Gasteiger partial charge on any atom is 0.259 e. The first-order valence-corrected chi connectivity index (χ1v) is 6.39. The second-order valence-electron chi connectivity index (χ2n) is 2.98. The number of nitrogens with one attached hydrogen (secondary N) is 1. The van der Waals surface area contributed by atoms with E-state index in [0.717, 1.165) is 0 Å². The Kier molecular flexibility index (Phi) is 3.68. The van der Waals surface area contributed by atoms with Crippen molar-refractivity contribution in [1.29, 1.82) is 0 Å². The molecular weight excluding hydrogens is 270 g/mol. The summed E-state index contributed by atoms with van der Waals surface area (Å²) in [6.07, 6.45) is 2.64. The van der Waals surface area contributed by atoms with Crippen LogP contribution in [0.1, 0.15) is 6.92 Å². The van der Waals surface area contributed by atoms with Gasteiger partial charge in [0.15, 0.2) is 5.03 Å². The van der Waals surface area contributed by atoms with Crippen molar-refractivity contribution in [3.05, 3.63) is 12.5 Å². The number of imidazole rings is 1. The molecule has 0 fully saturated rings. The van der Waals surface area contributed by atoms with Gasteiger partial charge in [-0.15, -0.1) is 0 Å². The molecule has 1 rings (SSSR count). The lowest BCUT2D eigenvalue weighted by molar-refractivity contribution is 0.471. The van der Waals surface area contributed by atoms with Crippen LogP contribution in [0.25, 0.3) is 0 Å². The second-order valence-corrected chi connectivity index (χ2v) is 6.56. The predicted molar refractivity (Wildman–Crippen MR) is 56.8 cm³/mol. The van der Waals surface area contributed by atoms with E-state index < -0.39 is 10.0 Å². The third-order valence-electron chi connectivity index (χ3n) is 1.67. The molecule has 0 aromatic carbocycles. The van der Waals surface area contributed by atoms with Crippen LogP contribution in [0, 0.1) is 0 Å². The van der Waals surface area contributed by atoms with Gasteiger partial charge in [0.25, 0.3) is 10.0 Å². The van der Waals surface area contributed by atoms with Gasteiger partial charge in [-0.05, 0) is 0 Å². The number of nitrogens with zero attached hydrogens (tertiary/aromatic N) is 2. The molecule has 0 aliphatic heterocycles. The van der Waals surface area contributed by atoms with E-state index in [1.807, 2.05) is 6.92 Å². The van der Waals surface area contributed by atoms with Crippen molar-refractivity contribution in [2.75, 3.05) is 13.6 Å². The Hall–Kier alpha value is -0.400.